The van der Waals surface area contributed by atoms with Crippen LogP contribution in [-0.4, -0.2) is 31.2 Å². The second-order valence-corrected chi connectivity index (χ2v) is 7.63. The number of nitrogens with one attached hydrogen (secondary N) is 2. The Balaban J connectivity index is 1.37. The summed E-state index contributed by atoms with van der Waals surface area (Å²) in [5.41, 5.74) is 5.32. The molecule has 2 heterocycles. The Morgan fingerprint density at radius 3 is 2.75 bits per heavy atom. The number of fused-ring (bicyclic) bond motifs is 1. The molecule has 2 N–H and O–H groups in total. The van der Waals surface area contributed by atoms with E-state index >= 15 is 0 Å². The number of para-hydroxylation sites is 2. The Labute approximate surface area is 167 Å². The largest absolute Gasteiger partial charge is 0.348 e. The maximum atomic E-state index is 12.3. The highest BCUT2D eigenvalue weighted by molar-refractivity contribution is 7.99. The molecule has 0 spiro atoms. The third-order valence-corrected chi connectivity index (χ3v) is 5.28. The quantitative estimate of drug-likeness (QED) is 0.491. The highest BCUT2D eigenvalue weighted by Gasteiger charge is 2.10. The van der Waals surface area contributed by atoms with E-state index in [9.17, 15) is 4.79 Å². The SMILES string of the molecule is Cc1cc(C)cc(-n2ccnc2SCC(=O)NCc2nc3ccccc3[nH]2)c1. The van der Waals surface area contributed by atoms with Crippen molar-refractivity contribution in [3.63, 3.8) is 0 Å². The van der Waals surface area contributed by atoms with Crippen LogP contribution in [0.1, 0.15) is 17.0 Å². The van der Waals surface area contributed by atoms with Crippen LogP contribution in [0.2, 0.25) is 0 Å². The van der Waals surface area contributed by atoms with Crippen molar-refractivity contribution in [2.75, 3.05) is 5.75 Å². The molecule has 7 heteroatoms. The molecule has 0 fully saturated rings. The Hall–Kier alpha value is -3.06. The minimum Gasteiger partial charge on any atom is -0.348 e. The van der Waals surface area contributed by atoms with Crippen LogP contribution in [-0.2, 0) is 11.3 Å². The zero-order chi connectivity index (χ0) is 19.5. The summed E-state index contributed by atoms with van der Waals surface area (Å²) >= 11 is 1.42. The first kappa shape index (κ1) is 18.3. The molecule has 0 radical (unpaired) electrons. The number of aromatic nitrogens is 4. The first-order chi connectivity index (χ1) is 13.6. The second kappa shape index (κ2) is 7.90. The Bertz CT molecular complexity index is 1080. The Morgan fingerprint density at radius 1 is 1.18 bits per heavy atom. The van der Waals surface area contributed by atoms with Gasteiger partial charge in [-0.25, -0.2) is 9.97 Å². The predicted molar refractivity (Wildman–Crippen MR) is 112 cm³/mol. The zero-order valence-corrected chi connectivity index (χ0v) is 16.6. The molecule has 0 saturated heterocycles. The van der Waals surface area contributed by atoms with Gasteiger partial charge in [0.25, 0.3) is 0 Å². The van der Waals surface area contributed by atoms with Crippen LogP contribution in [0.25, 0.3) is 16.7 Å². The van der Waals surface area contributed by atoms with Gasteiger partial charge in [0, 0.05) is 18.1 Å². The number of rotatable bonds is 6. The maximum Gasteiger partial charge on any atom is 0.230 e. The van der Waals surface area contributed by atoms with E-state index in [0.717, 1.165) is 27.7 Å². The van der Waals surface area contributed by atoms with Gasteiger partial charge in [-0.3, -0.25) is 9.36 Å². The molecule has 0 bridgehead atoms. The summed E-state index contributed by atoms with van der Waals surface area (Å²) in [6.07, 6.45) is 3.68. The van der Waals surface area contributed by atoms with Gasteiger partial charge in [0.05, 0.1) is 23.3 Å². The number of carbonyl (C=O) groups is 1. The van der Waals surface area contributed by atoms with Crippen LogP contribution in [0.5, 0.6) is 0 Å². The molecular weight excluding hydrogens is 370 g/mol. The van der Waals surface area contributed by atoms with Crippen molar-refractivity contribution in [3.05, 3.63) is 71.8 Å². The molecule has 2 aromatic heterocycles. The van der Waals surface area contributed by atoms with E-state index < -0.39 is 0 Å². The number of imidazole rings is 2. The van der Waals surface area contributed by atoms with Crippen molar-refractivity contribution < 1.29 is 4.79 Å². The monoisotopic (exact) mass is 391 g/mol. The number of hydrogen-bond acceptors (Lipinski definition) is 4. The number of aryl methyl sites for hydroxylation is 2. The van der Waals surface area contributed by atoms with Crippen LogP contribution in [0, 0.1) is 13.8 Å². The standard InChI is InChI=1S/C21H21N5OS/c1-14-9-15(2)11-16(10-14)26-8-7-22-21(26)28-13-20(27)23-12-19-24-17-5-3-4-6-18(17)25-19/h3-11H,12-13H2,1-2H3,(H,23,27)(H,24,25). The van der Waals surface area contributed by atoms with E-state index in [1.165, 1.54) is 22.9 Å². The molecule has 0 saturated carbocycles. The van der Waals surface area contributed by atoms with E-state index in [-0.39, 0.29) is 5.91 Å². The Morgan fingerprint density at radius 2 is 1.96 bits per heavy atom. The van der Waals surface area contributed by atoms with Crippen molar-refractivity contribution in [2.24, 2.45) is 0 Å². The van der Waals surface area contributed by atoms with Crippen molar-refractivity contribution in [2.45, 2.75) is 25.5 Å². The van der Waals surface area contributed by atoms with Crippen molar-refractivity contribution in [1.82, 2.24) is 24.8 Å². The molecule has 0 aliphatic rings. The number of aromatic amines is 1. The van der Waals surface area contributed by atoms with Crippen LogP contribution < -0.4 is 5.32 Å². The highest BCUT2D eigenvalue weighted by atomic mass is 32.2. The number of hydrogen-bond donors (Lipinski definition) is 2. The lowest BCUT2D eigenvalue weighted by Crippen LogP contribution is -2.25. The first-order valence-electron chi connectivity index (χ1n) is 9.03. The molecule has 6 nitrogen and oxygen atoms in total. The van der Waals surface area contributed by atoms with Gasteiger partial charge in [0.2, 0.25) is 5.91 Å². The average molecular weight is 392 g/mol. The lowest BCUT2D eigenvalue weighted by molar-refractivity contribution is -0.118. The van der Waals surface area contributed by atoms with Gasteiger partial charge in [0.15, 0.2) is 5.16 Å². The van der Waals surface area contributed by atoms with E-state index in [1.54, 1.807) is 6.20 Å². The minimum absolute atomic E-state index is 0.0552. The molecule has 0 aliphatic carbocycles. The van der Waals surface area contributed by atoms with Gasteiger partial charge < -0.3 is 10.3 Å². The minimum atomic E-state index is -0.0552. The fourth-order valence-corrected chi connectivity index (χ4v) is 3.94. The molecule has 142 valence electrons. The molecule has 0 aliphatic heterocycles. The summed E-state index contributed by atoms with van der Waals surface area (Å²) in [4.78, 5) is 24.4. The average Bonchev–Trinajstić information content (AvgIpc) is 3.30. The van der Waals surface area contributed by atoms with Gasteiger partial charge in [-0.15, -0.1) is 0 Å². The lowest BCUT2D eigenvalue weighted by atomic mass is 10.1. The van der Waals surface area contributed by atoms with Gasteiger partial charge in [0.1, 0.15) is 5.82 Å². The summed E-state index contributed by atoms with van der Waals surface area (Å²) in [7, 11) is 0. The van der Waals surface area contributed by atoms with E-state index in [4.69, 9.17) is 0 Å². The summed E-state index contributed by atoms with van der Waals surface area (Å²) in [6.45, 7) is 4.52. The lowest BCUT2D eigenvalue weighted by Gasteiger charge is -2.09. The molecule has 2 aromatic carbocycles. The number of nitrogens with zero attached hydrogens (tertiary/aromatic N) is 3. The van der Waals surface area contributed by atoms with Gasteiger partial charge in [-0.1, -0.05) is 30.0 Å². The van der Waals surface area contributed by atoms with E-state index in [0.29, 0.717) is 12.3 Å². The summed E-state index contributed by atoms with van der Waals surface area (Å²) in [6, 6.07) is 14.2. The maximum absolute atomic E-state index is 12.3. The molecule has 28 heavy (non-hydrogen) atoms. The van der Waals surface area contributed by atoms with Crippen LogP contribution >= 0.6 is 11.8 Å². The summed E-state index contributed by atoms with van der Waals surface area (Å²) < 4.78 is 2.01. The number of H-pyrrole nitrogens is 1. The molecule has 4 rings (SSSR count). The Kier molecular flexibility index (Phi) is 5.16. The van der Waals surface area contributed by atoms with Crippen LogP contribution in [0.3, 0.4) is 0 Å². The fourth-order valence-electron chi connectivity index (χ4n) is 3.14. The number of thioether (sulfide) groups is 1. The van der Waals surface area contributed by atoms with Crippen molar-refractivity contribution in [1.29, 1.82) is 0 Å². The fraction of sp³-hybridized carbons (Fsp3) is 0.190. The molecule has 0 unspecified atom stereocenters. The van der Waals surface area contributed by atoms with Crippen molar-refractivity contribution >= 4 is 28.7 Å². The van der Waals surface area contributed by atoms with Crippen molar-refractivity contribution in [3.8, 4) is 5.69 Å². The molecule has 0 atom stereocenters. The third kappa shape index (κ3) is 4.09. The van der Waals surface area contributed by atoms with Gasteiger partial charge >= 0.3 is 0 Å². The zero-order valence-electron chi connectivity index (χ0n) is 15.8. The van der Waals surface area contributed by atoms with Gasteiger partial charge in [-0.2, -0.15) is 0 Å². The second-order valence-electron chi connectivity index (χ2n) is 6.69. The normalized spacial score (nSPS) is 11.1. The smallest absolute Gasteiger partial charge is 0.230 e. The molecule has 1 amide bonds. The topological polar surface area (TPSA) is 75.6 Å². The highest BCUT2D eigenvalue weighted by Crippen LogP contribution is 2.22. The number of carbonyl (C=O) groups excluding carboxylic acids is 1. The number of amides is 1. The summed E-state index contributed by atoms with van der Waals surface area (Å²) in [5.74, 6) is 0.985. The third-order valence-electron chi connectivity index (χ3n) is 4.32. The number of benzene rings is 2. The molecule has 4 aromatic rings. The van der Waals surface area contributed by atoms with Crippen LogP contribution in [0.4, 0.5) is 0 Å². The van der Waals surface area contributed by atoms with Gasteiger partial charge in [-0.05, 0) is 49.2 Å². The molecular formula is C21H21N5OS. The van der Waals surface area contributed by atoms with Crippen LogP contribution in [0.15, 0.2) is 60.0 Å². The first-order valence-corrected chi connectivity index (χ1v) is 10.0. The summed E-state index contributed by atoms with van der Waals surface area (Å²) in [5, 5.41) is 3.70. The van der Waals surface area contributed by atoms with E-state index in [2.05, 4.69) is 52.3 Å². The predicted octanol–water partition coefficient (Wildman–Crippen LogP) is 3.77. The van der Waals surface area contributed by atoms with E-state index in [1.807, 2.05) is 35.0 Å².